The molecule has 0 aliphatic carbocycles. The van der Waals surface area contributed by atoms with E-state index in [4.69, 9.17) is 0 Å². The second kappa shape index (κ2) is 7.41. The van der Waals surface area contributed by atoms with Crippen molar-refractivity contribution in [3.63, 3.8) is 0 Å². The van der Waals surface area contributed by atoms with E-state index < -0.39 is 22.0 Å². The van der Waals surface area contributed by atoms with Crippen molar-refractivity contribution in [2.75, 3.05) is 18.1 Å². The van der Waals surface area contributed by atoms with Gasteiger partial charge in [-0.25, -0.2) is 8.42 Å². The van der Waals surface area contributed by atoms with Crippen LogP contribution in [-0.4, -0.2) is 56.0 Å². The van der Waals surface area contributed by atoms with Crippen LogP contribution in [0.5, 0.6) is 0 Å². The molecule has 1 unspecified atom stereocenters. The minimum Gasteiger partial charge on any atom is -0.324 e. The second-order valence-corrected chi connectivity index (χ2v) is 8.96. The number of sulfonamides is 1. The maximum absolute atomic E-state index is 13.1. The van der Waals surface area contributed by atoms with Gasteiger partial charge in [0, 0.05) is 37.0 Å². The Labute approximate surface area is 168 Å². The molecule has 1 aliphatic heterocycles. The van der Waals surface area contributed by atoms with E-state index in [2.05, 4.69) is 20.6 Å². The SMILES string of the molecule is Cn1ncc2c1CCN(S(C)(=O)=O)C2C(=O)Nc1cccc(Cn2cnnc2)c1. The Hall–Kier alpha value is -3.05. The number of nitrogens with zero attached hydrogens (tertiary/aromatic N) is 6. The normalized spacial score (nSPS) is 17.1. The van der Waals surface area contributed by atoms with Gasteiger partial charge in [0.2, 0.25) is 15.9 Å². The molecule has 11 heteroatoms. The van der Waals surface area contributed by atoms with Crippen LogP contribution >= 0.6 is 0 Å². The maximum atomic E-state index is 13.1. The molecule has 1 N–H and O–H groups in total. The fourth-order valence-corrected chi connectivity index (χ4v) is 4.63. The Morgan fingerprint density at radius 1 is 1.28 bits per heavy atom. The van der Waals surface area contributed by atoms with Gasteiger partial charge in [0.15, 0.2) is 0 Å². The molecule has 2 aromatic heterocycles. The van der Waals surface area contributed by atoms with Crippen molar-refractivity contribution >= 4 is 21.6 Å². The summed E-state index contributed by atoms with van der Waals surface area (Å²) in [4.78, 5) is 13.1. The lowest BCUT2D eigenvalue weighted by molar-refractivity contribution is -0.120. The van der Waals surface area contributed by atoms with Crippen molar-refractivity contribution in [2.24, 2.45) is 7.05 Å². The highest BCUT2D eigenvalue weighted by molar-refractivity contribution is 7.88. The summed E-state index contributed by atoms with van der Waals surface area (Å²) < 4.78 is 29.3. The number of nitrogens with one attached hydrogen (secondary N) is 1. The topological polar surface area (TPSA) is 115 Å². The number of amides is 1. The molecule has 4 rings (SSSR count). The molecule has 0 saturated carbocycles. The van der Waals surface area contributed by atoms with Crippen molar-refractivity contribution in [2.45, 2.75) is 19.0 Å². The molecule has 3 heterocycles. The molecule has 152 valence electrons. The molecule has 0 saturated heterocycles. The lowest BCUT2D eigenvalue weighted by atomic mass is 10.0. The van der Waals surface area contributed by atoms with E-state index in [0.717, 1.165) is 17.5 Å². The molecule has 29 heavy (non-hydrogen) atoms. The zero-order valence-corrected chi connectivity index (χ0v) is 16.9. The van der Waals surface area contributed by atoms with Crippen LogP contribution in [0, 0.1) is 0 Å². The Kier molecular flexibility index (Phi) is 4.92. The van der Waals surface area contributed by atoms with Crippen LogP contribution in [-0.2, 0) is 34.8 Å². The van der Waals surface area contributed by atoms with E-state index in [1.807, 2.05) is 22.8 Å². The molecule has 1 aromatic carbocycles. The second-order valence-electron chi connectivity index (χ2n) is 7.02. The molecular weight excluding hydrogens is 394 g/mol. The van der Waals surface area contributed by atoms with Crippen LogP contribution in [0.4, 0.5) is 5.69 Å². The first-order chi connectivity index (χ1) is 13.8. The molecule has 0 radical (unpaired) electrons. The Bertz CT molecular complexity index is 1140. The molecule has 3 aromatic rings. The number of benzene rings is 1. The van der Waals surface area contributed by atoms with Gasteiger partial charge in [-0.2, -0.15) is 9.40 Å². The average Bonchev–Trinajstić information content (AvgIpc) is 3.30. The smallest absolute Gasteiger partial charge is 0.247 e. The zero-order valence-electron chi connectivity index (χ0n) is 16.1. The van der Waals surface area contributed by atoms with Gasteiger partial charge in [-0.05, 0) is 17.7 Å². The third-order valence-corrected chi connectivity index (χ3v) is 6.19. The van der Waals surface area contributed by atoms with E-state index in [0.29, 0.717) is 24.2 Å². The van der Waals surface area contributed by atoms with Gasteiger partial charge < -0.3 is 9.88 Å². The first kappa shape index (κ1) is 19.3. The van der Waals surface area contributed by atoms with Crippen LogP contribution in [0.2, 0.25) is 0 Å². The summed E-state index contributed by atoms with van der Waals surface area (Å²) in [5.41, 5.74) is 3.02. The molecular formula is C18H21N7O3S. The summed E-state index contributed by atoms with van der Waals surface area (Å²) in [5, 5.41) is 14.6. The molecule has 1 amide bonds. The summed E-state index contributed by atoms with van der Waals surface area (Å²) in [6, 6.07) is 6.42. The molecule has 0 spiro atoms. The minimum absolute atomic E-state index is 0.233. The lowest BCUT2D eigenvalue weighted by Gasteiger charge is -2.32. The highest BCUT2D eigenvalue weighted by Gasteiger charge is 2.39. The van der Waals surface area contributed by atoms with Gasteiger partial charge >= 0.3 is 0 Å². The maximum Gasteiger partial charge on any atom is 0.247 e. The quantitative estimate of drug-likeness (QED) is 0.651. The molecule has 0 fully saturated rings. The monoisotopic (exact) mass is 415 g/mol. The van der Waals surface area contributed by atoms with E-state index in [-0.39, 0.29) is 6.54 Å². The van der Waals surface area contributed by atoms with Gasteiger partial charge in [0.05, 0.1) is 19.0 Å². The summed E-state index contributed by atoms with van der Waals surface area (Å²) in [6.45, 7) is 0.791. The van der Waals surface area contributed by atoms with E-state index in [1.54, 1.807) is 36.6 Å². The molecule has 10 nitrogen and oxygen atoms in total. The summed E-state index contributed by atoms with van der Waals surface area (Å²) in [6.07, 6.45) is 6.42. The minimum atomic E-state index is -3.57. The van der Waals surface area contributed by atoms with Gasteiger partial charge in [-0.1, -0.05) is 12.1 Å². The largest absolute Gasteiger partial charge is 0.324 e. The van der Waals surface area contributed by atoms with Gasteiger partial charge in [-0.15, -0.1) is 10.2 Å². The zero-order chi connectivity index (χ0) is 20.6. The average molecular weight is 415 g/mol. The van der Waals surface area contributed by atoms with E-state index >= 15 is 0 Å². The predicted molar refractivity (Wildman–Crippen MR) is 105 cm³/mol. The third-order valence-electron chi connectivity index (χ3n) is 4.95. The van der Waals surface area contributed by atoms with Gasteiger partial charge in [0.1, 0.15) is 18.7 Å². The number of rotatable bonds is 5. The standard InChI is InChI=1S/C18H21N7O3S/c1-23-16-6-7-25(29(2,27)28)17(15(16)9-21-23)18(26)22-14-5-3-4-13(8-14)10-24-11-19-20-12-24/h3-5,8-9,11-12,17H,6-7,10H2,1-2H3,(H,22,26). The third kappa shape index (κ3) is 3.91. The first-order valence-electron chi connectivity index (χ1n) is 9.03. The first-order valence-corrected chi connectivity index (χ1v) is 10.9. The number of aryl methyl sites for hydroxylation is 1. The lowest BCUT2D eigenvalue weighted by Crippen LogP contribution is -2.44. The van der Waals surface area contributed by atoms with Crippen LogP contribution in [0.1, 0.15) is 22.9 Å². The van der Waals surface area contributed by atoms with Gasteiger partial charge in [-0.3, -0.25) is 9.48 Å². The van der Waals surface area contributed by atoms with E-state index in [9.17, 15) is 13.2 Å². The number of carbonyl (C=O) groups is 1. The Morgan fingerprint density at radius 3 is 2.76 bits per heavy atom. The fourth-order valence-electron chi connectivity index (χ4n) is 3.62. The van der Waals surface area contributed by atoms with Gasteiger partial charge in [0.25, 0.3) is 0 Å². The van der Waals surface area contributed by atoms with Crippen molar-refractivity contribution in [1.29, 1.82) is 0 Å². The van der Waals surface area contributed by atoms with Crippen molar-refractivity contribution in [1.82, 2.24) is 28.9 Å². The molecule has 1 atom stereocenters. The summed E-state index contributed by atoms with van der Waals surface area (Å²) in [7, 11) is -1.78. The Morgan fingerprint density at radius 2 is 2.03 bits per heavy atom. The summed E-state index contributed by atoms with van der Waals surface area (Å²) >= 11 is 0. The predicted octanol–water partition coefficient (Wildman–Crippen LogP) is 0.557. The van der Waals surface area contributed by atoms with Crippen LogP contribution in [0.25, 0.3) is 0 Å². The van der Waals surface area contributed by atoms with Crippen LogP contribution < -0.4 is 5.32 Å². The van der Waals surface area contributed by atoms with Crippen molar-refractivity contribution in [3.05, 3.63) is 59.9 Å². The Balaban J connectivity index is 1.61. The van der Waals surface area contributed by atoms with Crippen molar-refractivity contribution < 1.29 is 13.2 Å². The van der Waals surface area contributed by atoms with E-state index in [1.165, 1.54) is 4.31 Å². The van der Waals surface area contributed by atoms with Crippen LogP contribution in [0.15, 0.2) is 43.1 Å². The highest BCUT2D eigenvalue weighted by atomic mass is 32.2. The number of carbonyl (C=O) groups excluding carboxylic acids is 1. The number of hydrogen-bond acceptors (Lipinski definition) is 6. The summed E-state index contributed by atoms with van der Waals surface area (Å²) in [5.74, 6) is -0.411. The van der Waals surface area contributed by atoms with Crippen molar-refractivity contribution in [3.8, 4) is 0 Å². The number of hydrogen-bond donors (Lipinski definition) is 1. The number of fused-ring (bicyclic) bond motifs is 1. The molecule has 0 bridgehead atoms. The van der Waals surface area contributed by atoms with Crippen LogP contribution in [0.3, 0.4) is 0 Å². The highest BCUT2D eigenvalue weighted by Crippen LogP contribution is 2.32. The molecule has 1 aliphatic rings. The number of aromatic nitrogens is 5. The number of anilines is 1. The fraction of sp³-hybridized carbons (Fsp3) is 0.333.